The highest BCUT2D eigenvalue weighted by molar-refractivity contribution is 6.32. The summed E-state index contributed by atoms with van der Waals surface area (Å²) in [6.45, 7) is 9.55. The first-order chi connectivity index (χ1) is 13.9. The number of hydrogen-bond acceptors (Lipinski definition) is 4. The summed E-state index contributed by atoms with van der Waals surface area (Å²) in [5.41, 5.74) is 8.07. The van der Waals surface area contributed by atoms with Crippen molar-refractivity contribution in [2.24, 2.45) is 0 Å². The molecule has 0 unspecified atom stereocenters. The summed E-state index contributed by atoms with van der Waals surface area (Å²) in [6, 6.07) is 11.8. The van der Waals surface area contributed by atoms with E-state index in [4.69, 9.17) is 16.9 Å². The van der Waals surface area contributed by atoms with Crippen molar-refractivity contribution >= 4 is 29.1 Å². The van der Waals surface area contributed by atoms with E-state index in [9.17, 15) is 9.59 Å². The van der Waals surface area contributed by atoms with Gasteiger partial charge in [0.1, 0.15) is 12.1 Å². The SMILES string of the molecule is CC.CC[C@@H](Nc1ccc(C#N)c(Cl)c1C)C(=O)NNC(=O)c1ccc(C)cc1. The molecule has 0 saturated carbocycles. The van der Waals surface area contributed by atoms with Crippen LogP contribution in [0.15, 0.2) is 36.4 Å². The van der Waals surface area contributed by atoms with Gasteiger partial charge in [-0.15, -0.1) is 0 Å². The molecule has 0 aliphatic heterocycles. The number of aryl methyl sites for hydroxylation is 1. The molecular formula is C22H27ClN4O2. The maximum atomic E-state index is 12.4. The van der Waals surface area contributed by atoms with E-state index in [2.05, 4.69) is 16.2 Å². The first kappa shape index (κ1) is 24.0. The molecule has 0 radical (unpaired) electrons. The van der Waals surface area contributed by atoms with E-state index in [1.807, 2.05) is 45.9 Å². The van der Waals surface area contributed by atoms with Crippen LogP contribution in [-0.2, 0) is 4.79 Å². The van der Waals surface area contributed by atoms with Gasteiger partial charge in [-0.3, -0.25) is 20.4 Å². The molecule has 2 rings (SSSR count). The van der Waals surface area contributed by atoms with Crippen molar-refractivity contribution in [2.75, 3.05) is 5.32 Å². The fourth-order valence-corrected chi connectivity index (χ4v) is 2.66. The molecule has 0 saturated heterocycles. The van der Waals surface area contributed by atoms with Gasteiger partial charge in [-0.05, 0) is 50.1 Å². The van der Waals surface area contributed by atoms with E-state index in [-0.39, 0.29) is 5.91 Å². The van der Waals surface area contributed by atoms with Crippen LogP contribution in [0.5, 0.6) is 0 Å². The van der Waals surface area contributed by atoms with Gasteiger partial charge >= 0.3 is 0 Å². The minimum Gasteiger partial charge on any atom is -0.373 e. The summed E-state index contributed by atoms with van der Waals surface area (Å²) in [6.07, 6.45) is 0.489. The minimum atomic E-state index is -0.578. The molecule has 0 bridgehead atoms. The molecule has 0 aliphatic carbocycles. The van der Waals surface area contributed by atoms with Gasteiger partial charge in [0.05, 0.1) is 10.6 Å². The number of nitrogens with one attached hydrogen (secondary N) is 3. The molecular weight excluding hydrogens is 388 g/mol. The largest absolute Gasteiger partial charge is 0.373 e. The average Bonchev–Trinajstić information content (AvgIpc) is 2.74. The fourth-order valence-electron chi connectivity index (χ4n) is 2.45. The molecule has 0 fully saturated rings. The molecule has 0 heterocycles. The molecule has 0 spiro atoms. The smallest absolute Gasteiger partial charge is 0.269 e. The molecule has 0 aromatic heterocycles. The number of benzene rings is 2. The van der Waals surface area contributed by atoms with Gasteiger partial charge in [-0.1, -0.05) is 50.1 Å². The van der Waals surface area contributed by atoms with Crippen LogP contribution in [0, 0.1) is 25.2 Å². The van der Waals surface area contributed by atoms with Crippen LogP contribution < -0.4 is 16.2 Å². The lowest BCUT2D eigenvalue weighted by Crippen LogP contribution is -2.48. The van der Waals surface area contributed by atoms with E-state index in [1.54, 1.807) is 31.2 Å². The zero-order chi connectivity index (χ0) is 22.0. The van der Waals surface area contributed by atoms with Gasteiger partial charge < -0.3 is 5.32 Å². The Kier molecular flexibility index (Phi) is 9.70. The number of hydrazine groups is 1. The van der Waals surface area contributed by atoms with Gasteiger partial charge in [0.25, 0.3) is 11.8 Å². The summed E-state index contributed by atoms with van der Waals surface area (Å²) in [4.78, 5) is 24.5. The highest BCUT2D eigenvalue weighted by Gasteiger charge is 2.19. The molecule has 6 nitrogen and oxygen atoms in total. The van der Waals surface area contributed by atoms with Crippen molar-refractivity contribution in [3.8, 4) is 6.07 Å². The van der Waals surface area contributed by atoms with Crippen molar-refractivity contribution < 1.29 is 9.59 Å². The second kappa shape index (κ2) is 11.7. The Labute approximate surface area is 177 Å². The molecule has 2 amide bonds. The summed E-state index contributed by atoms with van der Waals surface area (Å²) in [7, 11) is 0. The van der Waals surface area contributed by atoms with Crippen LogP contribution in [0.3, 0.4) is 0 Å². The van der Waals surface area contributed by atoms with E-state index >= 15 is 0 Å². The van der Waals surface area contributed by atoms with Crippen molar-refractivity contribution in [3.05, 3.63) is 63.7 Å². The predicted octanol–water partition coefficient (Wildman–Crippen LogP) is 4.51. The number of carbonyl (C=O) groups is 2. The lowest BCUT2D eigenvalue weighted by atomic mass is 10.1. The minimum absolute atomic E-state index is 0.352. The molecule has 1 atom stereocenters. The van der Waals surface area contributed by atoms with Gasteiger partial charge in [0, 0.05) is 11.3 Å². The topological polar surface area (TPSA) is 94.0 Å². The molecule has 29 heavy (non-hydrogen) atoms. The molecule has 7 heteroatoms. The zero-order valence-corrected chi connectivity index (χ0v) is 18.1. The maximum Gasteiger partial charge on any atom is 0.269 e. The zero-order valence-electron chi connectivity index (χ0n) is 17.4. The van der Waals surface area contributed by atoms with Crippen molar-refractivity contribution in [3.63, 3.8) is 0 Å². The summed E-state index contributed by atoms with van der Waals surface area (Å²) >= 11 is 6.17. The number of nitrogens with zero attached hydrogens (tertiary/aromatic N) is 1. The van der Waals surface area contributed by atoms with E-state index in [0.29, 0.717) is 33.8 Å². The first-order valence-electron chi connectivity index (χ1n) is 9.50. The maximum absolute atomic E-state index is 12.4. The number of anilines is 1. The second-order valence-electron chi connectivity index (χ2n) is 6.13. The number of nitriles is 1. The molecule has 0 aliphatic rings. The first-order valence-corrected chi connectivity index (χ1v) is 9.87. The quantitative estimate of drug-likeness (QED) is 0.627. The van der Waals surface area contributed by atoms with Gasteiger partial charge in [0.15, 0.2) is 0 Å². The third-order valence-electron chi connectivity index (χ3n) is 4.17. The van der Waals surface area contributed by atoms with Crippen LogP contribution in [0.25, 0.3) is 0 Å². The Hall–Kier alpha value is -3.04. The van der Waals surface area contributed by atoms with Gasteiger partial charge in [-0.25, -0.2) is 0 Å². The Morgan fingerprint density at radius 3 is 2.24 bits per heavy atom. The van der Waals surface area contributed by atoms with Crippen molar-refractivity contribution in [2.45, 2.75) is 47.1 Å². The van der Waals surface area contributed by atoms with Crippen LogP contribution in [-0.4, -0.2) is 17.9 Å². The Morgan fingerprint density at radius 1 is 1.07 bits per heavy atom. The van der Waals surface area contributed by atoms with E-state index in [1.165, 1.54) is 0 Å². The molecule has 154 valence electrons. The summed E-state index contributed by atoms with van der Waals surface area (Å²) in [5.74, 6) is -0.770. The molecule has 2 aromatic rings. The van der Waals surface area contributed by atoms with Gasteiger partial charge in [-0.2, -0.15) is 5.26 Å². The Bertz CT molecular complexity index is 889. The van der Waals surface area contributed by atoms with Crippen LogP contribution in [0.1, 0.15) is 54.2 Å². The van der Waals surface area contributed by atoms with Crippen LogP contribution in [0.2, 0.25) is 5.02 Å². The third-order valence-corrected chi connectivity index (χ3v) is 4.66. The Morgan fingerprint density at radius 2 is 1.69 bits per heavy atom. The average molecular weight is 415 g/mol. The number of halogens is 1. The number of hydrogen-bond donors (Lipinski definition) is 3. The number of amides is 2. The standard InChI is InChI=1S/C20H21ClN4O2.C2H6/c1-4-16(23-17-10-9-15(11-22)18(21)13(17)3)20(27)25-24-19(26)14-7-5-12(2)6-8-14;1-2/h5-10,16,23H,4H2,1-3H3,(H,24,26)(H,25,27);1-2H3/t16-;/m1./s1. The van der Waals surface area contributed by atoms with E-state index in [0.717, 1.165) is 5.56 Å². The highest BCUT2D eigenvalue weighted by Crippen LogP contribution is 2.27. The predicted molar refractivity (Wildman–Crippen MR) is 117 cm³/mol. The Balaban J connectivity index is 0.00000204. The summed E-state index contributed by atoms with van der Waals surface area (Å²) in [5, 5.41) is 12.5. The number of rotatable bonds is 5. The van der Waals surface area contributed by atoms with Crippen LogP contribution >= 0.6 is 11.6 Å². The molecule has 2 aromatic carbocycles. The fraction of sp³-hybridized carbons (Fsp3) is 0.318. The van der Waals surface area contributed by atoms with Crippen molar-refractivity contribution in [1.29, 1.82) is 5.26 Å². The lowest BCUT2D eigenvalue weighted by molar-refractivity contribution is -0.122. The van der Waals surface area contributed by atoms with E-state index < -0.39 is 11.9 Å². The lowest BCUT2D eigenvalue weighted by Gasteiger charge is -2.20. The summed E-state index contributed by atoms with van der Waals surface area (Å²) < 4.78 is 0. The molecule has 3 N–H and O–H groups in total. The second-order valence-corrected chi connectivity index (χ2v) is 6.50. The third kappa shape index (κ3) is 6.51. The number of carbonyl (C=O) groups excluding carboxylic acids is 2. The van der Waals surface area contributed by atoms with Crippen LogP contribution in [0.4, 0.5) is 5.69 Å². The van der Waals surface area contributed by atoms with Gasteiger partial charge in [0.2, 0.25) is 0 Å². The normalized spacial score (nSPS) is 10.7. The monoisotopic (exact) mass is 414 g/mol. The highest BCUT2D eigenvalue weighted by atomic mass is 35.5. The van der Waals surface area contributed by atoms with Crippen molar-refractivity contribution in [1.82, 2.24) is 10.9 Å².